The van der Waals surface area contributed by atoms with Gasteiger partial charge in [-0.25, -0.2) is 4.98 Å². The van der Waals surface area contributed by atoms with Gasteiger partial charge in [-0.15, -0.1) is 0 Å². The molecule has 0 spiro atoms. The van der Waals surface area contributed by atoms with Crippen LogP contribution in [0.3, 0.4) is 0 Å². The van der Waals surface area contributed by atoms with Crippen LogP contribution < -0.4 is 5.32 Å². The molecule has 1 N–H and O–H groups in total. The van der Waals surface area contributed by atoms with Crippen LogP contribution in [0.25, 0.3) is 0 Å². The second-order valence-electron chi connectivity index (χ2n) is 7.08. The zero-order valence-corrected chi connectivity index (χ0v) is 15.4. The number of likely N-dealkylation sites (tertiary alicyclic amines) is 1. The molecule has 2 amide bonds. The van der Waals surface area contributed by atoms with Crippen molar-refractivity contribution < 1.29 is 14.3 Å². The van der Waals surface area contributed by atoms with Gasteiger partial charge in [-0.05, 0) is 18.4 Å². The number of benzene rings is 1. The van der Waals surface area contributed by atoms with E-state index in [9.17, 15) is 9.59 Å². The minimum atomic E-state index is -0.0686. The second-order valence-corrected chi connectivity index (χ2v) is 7.08. The molecular formula is C20H24N4O3. The molecule has 2 aromatic rings. The van der Waals surface area contributed by atoms with E-state index in [0.717, 1.165) is 11.3 Å². The van der Waals surface area contributed by atoms with Gasteiger partial charge < -0.3 is 19.5 Å². The smallest absolute Gasteiger partial charge is 0.274 e. The largest absolute Gasteiger partial charge is 0.365 e. The predicted octanol–water partition coefficient (Wildman–Crippen LogP) is 1.75. The van der Waals surface area contributed by atoms with Gasteiger partial charge in [0.05, 0.1) is 25.2 Å². The van der Waals surface area contributed by atoms with Crippen molar-refractivity contribution >= 4 is 11.8 Å². The quantitative estimate of drug-likeness (QED) is 0.896. The van der Waals surface area contributed by atoms with Crippen LogP contribution in [0.15, 0.2) is 36.7 Å². The first-order chi connectivity index (χ1) is 13.2. The Hall–Kier alpha value is -2.67. The van der Waals surface area contributed by atoms with E-state index in [2.05, 4.69) is 22.4 Å². The topological polar surface area (TPSA) is 76.5 Å². The predicted molar refractivity (Wildman–Crippen MR) is 98.9 cm³/mol. The third-order valence-corrected chi connectivity index (χ3v) is 5.50. The highest BCUT2D eigenvalue weighted by molar-refractivity contribution is 5.93. The van der Waals surface area contributed by atoms with E-state index in [1.807, 2.05) is 22.8 Å². The third-order valence-electron chi connectivity index (χ3n) is 5.50. The fourth-order valence-corrected chi connectivity index (χ4v) is 3.87. The number of aromatic nitrogens is 2. The van der Waals surface area contributed by atoms with Crippen LogP contribution in [0, 0.1) is 5.92 Å². The number of carbonyl (C=O) groups excluding carboxylic acids is 2. The van der Waals surface area contributed by atoms with Crippen LogP contribution in [0.5, 0.6) is 0 Å². The van der Waals surface area contributed by atoms with Gasteiger partial charge in [-0.3, -0.25) is 9.59 Å². The number of nitrogens with one attached hydrogen (secondary N) is 1. The van der Waals surface area contributed by atoms with Crippen LogP contribution >= 0.6 is 0 Å². The Bertz CT molecular complexity index is 825. The Labute approximate surface area is 158 Å². The van der Waals surface area contributed by atoms with Gasteiger partial charge in [-0.2, -0.15) is 0 Å². The average Bonchev–Trinajstić information content (AvgIpc) is 3.16. The van der Waals surface area contributed by atoms with Crippen LogP contribution in [0.2, 0.25) is 0 Å². The van der Waals surface area contributed by atoms with Gasteiger partial charge in [0.1, 0.15) is 6.10 Å². The number of ether oxygens (including phenoxy) is 1. The lowest BCUT2D eigenvalue weighted by Gasteiger charge is -2.31. The number of hydrogen-bond acceptors (Lipinski definition) is 4. The van der Waals surface area contributed by atoms with Crippen molar-refractivity contribution in [2.45, 2.75) is 32.1 Å². The van der Waals surface area contributed by atoms with E-state index in [4.69, 9.17) is 4.74 Å². The summed E-state index contributed by atoms with van der Waals surface area (Å²) in [5, 5.41) is 2.69. The summed E-state index contributed by atoms with van der Waals surface area (Å²) >= 11 is 0. The molecule has 4 rings (SSSR count). The Balaban J connectivity index is 1.44. The molecule has 3 heterocycles. The number of rotatable bonds is 3. The molecule has 1 atom stereocenters. The molecule has 0 radical (unpaired) electrons. The van der Waals surface area contributed by atoms with E-state index < -0.39 is 0 Å². The Morgan fingerprint density at radius 3 is 2.63 bits per heavy atom. The van der Waals surface area contributed by atoms with E-state index in [-0.39, 0.29) is 23.8 Å². The number of piperidine rings is 1. The summed E-state index contributed by atoms with van der Waals surface area (Å²) in [5.41, 5.74) is 2.43. The van der Waals surface area contributed by atoms with Gasteiger partial charge >= 0.3 is 0 Å². The van der Waals surface area contributed by atoms with Crippen molar-refractivity contribution in [3.05, 3.63) is 53.6 Å². The van der Waals surface area contributed by atoms with Crippen molar-refractivity contribution in [2.75, 3.05) is 20.1 Å². The maximum atomic E-state index is 12.9. The highest BCUT2D eigenvalue weighted by Crippen LogP contribution is 2.28. The van der Waals surface area contributed by atoms with E-state index in [1.165, 1.54) is 0 Å². The SMILES string of the molecule is CNC(=O)C1CCN(C(=O)c2ncn3c2CO[C@H](c2ccccc2)C3)CC1. The Morgan fingerprint density at radius 2 is 1.93 bits per heavy atom. The van der Waals surface area contributed by atoms with Crippen molar-refractivity contribution in [1.82, 2.24) is 19.8 Å². The van der Waals surface area contributed by atoms with Crippen LogP contribution in [0.4, 0.5) is 0 Å². The van der Waals surface area contributed by atoms with Crippen molar-refractivity contribution in [2.24, 2.45) is 5.92 Å². The lowest BCUT2D eigenvalue weighted by Crippen LogP contribution is -2.42. The van der Waals surface area contributed by atoms with Gasteiger partial charge in [-0.1, -0.05) is 30.3 Å². The fourth-order valence-electron chi connectivity index (χ4n) is 3.87. The molecule has 7 nitrogen and oxygen atoms in total. The van der Waals surface area contributed by atoms with E-state index in [1.54, 1.807) is 18.3 Å². The van der Waals surface area contributed by atoms with Gasteiger partial charge in [0.25, 0.3) is 5.91 Å². The molecule has 1 saturated heterocycles. The molecule has 2 aliphatic rings. The minimum absolute atomic E-state index is 0.00933. The highest BCUT2D eigenvalue weighted by atomic mass is 16.5. The molecule has 142 valence electrons. The summed E-state index contributed by atoms with van der Waals surface area (Å²) in [5.74, 6) is -0.0207. The standard InChI is InChI=1S/C20H24N4O3/c1-21-19(25)15-7-9-23(10-8-15)20(26)18-16-12-27-17(11-24(16)13-22-18)14-5-3-2-4-6-14/h2-6,13,15,17H,7-12H2,1H3,(H,21,25)/t17-/m0/s1. The lowest BCUT2D eigenvalue weighted by atomic mass is 9.95. The van der Waals surface area contributed by atoms with Gasteiger partial charge in [0.2, 0.25) is 5.91 Å². The summed E-state index contributed by atoms with van der Waals surface area (Å²) in [6.07, 6.45) is 3.08. The Morgan fingerprint density at radius 1 is 1.19 bits per heavy atom. The molecule has 0 aliphatic carbocycles. The summed E-state index contributed by atoms with van der Waals surface area (Å²) in [4.78, 5) is 30.9. The maximum absolute atomic E-state index is 12.9. The summed E-state index contributed by atoms with van der Waals surface area (Å²) in [6, 6.07) is 10.1. The highest BCUT2D eigenvalue weighted by Gasteiger charge is 2.31. The number of hydrogen-bond donors (Lipinski definition) is 1. The first-order valence-corrected chi connectivity index (χ1v) is 9.38. The van der Waals surface area contributed by atoms with Crippen LogP contribution in [-0.4, -0.2) is 46.4 Å². The lowest BCUT2D eigenvalue weighted by molar-refractivity contribution is -0.125. The summed E-state index contributed by atoms with van der Waals surface area (Å²) in [7, 11) is 1.65. The molecule has 7 heteroatoms. The van der Waals surface area contributed by atoms with E-state index in [0.29, 0.717) is 44.8 Å². The zero-order chi connectivity index (χ0) is 18.8. The van der Waals surface area contributed by atoms with Crippen LogP contribution in [-0.2, 0) is 22.7 Å². The molecule has 27 heavy (non-hydrogen) atoms. The van der Waals surface area contributed by atoms with Crippen molar-refractivity contribution in [3.8, 4) is 0 Å². The second kappa shape index (κ2) is 7.52. The third kappa shape index (κ3) is 3.47. The molecular weight excluding hydrogens is 344 g/mol. The molecule has 1 aromatic heterocycles. The molecule has 0 unspecified atom stereocenters. The first kappa shape index (κ1) is 17.7. The number of amides is 2. The Kier molecular flexibility index (Phi) is 4.94. The van der Waals surface area contributed by atoms with Crippen molar-refractivity contribution in [3.63, 3.8) is 0 Å². The zero-order valence-electron chi connectivity index (χ0n) is 15.4. The fraction of sp³-hybridized carbons (Fsp3) is 0.450. The average molecular weight is 368 g/mol. The molecule has 2 aliphatic heterocycles. The normalized spacial score (nSPS) is 20.2. The van der Waals surface area contributed by atoms with Gasteiger partial charge in [0.15, 0.2) is 5.69 Å². The first-order valence-electron chi connectivity index (χ1n) is 9.38. The molecule has 1 aromatic carbocycles. The monoisotopic (exact) mass is 368 g/mol. The summed E-state index contributed by atoms with van der Waals surface area (Å²) in [6.45, 7) is 2.18. The number of imidazole rings is 1. The van der Waals surface area contributed by atoms with Crippen LogP contribution in [0.1, 0.15) is 40.7 Å². The van der Waals surface area contributed by atoms with Gasteiger partial charge in [0, 0.05) is 26.1 Å². The minimum Gasteiger partial charge on any atom is -0.365 e. The number of nitrogens with zero attached hydrogens (tertiary/aromatic N) is 3. The molecule has 1 fully saturated rings. The molecule has 0 saturated carbocycles. The summed E-state index contributed by atoms with van der Waals surface area (Å²) < 4.78 is 8.03. The maximum Gasteiger partial charge on any atom is 0.274 e. The number of fused-ring (bicyclic) bond motifs is 1. The van der Waals surface area contributed by atoms with Crippen molar-refractivity contribution in [1.29, 1.82) is 0 Å². The number of carbonyl (C=O) groups is 2. The molecule has 0 bridgehead atoms. The van der Waals surface area contributed by atoms with E-state index >= 15 is 0 Å².